The van der Waals surface area contributed by atoms with E-state index in [0.717, 1.165) is 5.56 Å². The fraction of sp³-hybridized carbons (Fsp3) is 0.238. The molecular weight excluding hydrogens is 378 g/mol. The summed E-state index contributed by atoms with van der Waals surface area (Å²) in [6.07, 6.45) is -2.85. The Kier molecular flexibility index (Phi) is 6.48. The molecule has 4 N–H and O–H groups in total. The van der Waals surface area contributed by atoms with E-state index in [1.807, 2.05) is 30.3 Å². The molecule has 2 unspecified atom stereocenters. The Morgan fingerprint density at radius 1 is 1.07 bits per heavy atom. The van der Waals surface area contributed by atoms with Crippen molar-refractivity contribution in [2.75, 3.05) is 6.54 Å². The third-order valence-electron chi connectivity index (χ3n) is 4.38. The minimum absolute atomic E-state index is 0.103. The van der Waals surface area contributed by atoms with Gasteiger partial charge in [-0.15, -0.1) is 0 Å². The van der Waals surface area contributed by atoms with Crippen molar-refractivity contribution >= 4 is 23.0 Å². The first-order chi connectivity index (χ1) is 13.9. The number of aliphatic hydroxyl groups is 2. The zero-order chi connectivity index (χ0) is 20.8. The first-order valence-corrected chi connectivity index (χ1v) is 9.01. The van der Waals surface area contributed by atoms with Crippen LogP contribution in [0.2, 0.25) is 0 Å². The molecule has 3 rings (SSSR count). The van der Waals surface area contributed by atoms with Crippen LogP contribution in [0.3, 0.4) is 0 Å². The van der Waals surface area contributed by atoms with Crippen LogP contribution in [0.4, 0.5) is 4.79 Å². The normalized spacial score (nSPS) is 13.0. The highest BCUT2D eigenvalue weighted by Crippen LogP contribution is 2.26. The van der Waals surface area contributed by atoms with Crippen LogP contribution in [0.15, 0.2) is 59.0 Å². The topological polar surface area (TPSA) is 129 Å². The van der Waals surface area contributed by atoms with Crippen molar-refractivity contribution in [1.29, 1.82) is 0 Å². The van der Waals surface area contributed by atoms with Crippen molar-refractivity contribution < 1.29 is 34.1 Å². The number of nitrogens with one attached hydrogen (secondary N) is 1. The third kappa shape index (κ3) is 5.34. The third-order valence-corrected chi connectivity index (χ3v) is 4.38. The molecule has 1 heterocycles. The second-order valence-electron chi connectivity index (χ2n) is 6.50. The number of hydrogen-bond donors (Lipinski definition) is 4. The number of aromatic carboxylic acids is 1. The molecule has 0 aliphatic heterocycles. The van der Waals surface area contributed by atoms with E-state index in [9.17, 15) is 19.8 Å². The number of carboxylic acids is 1. The van der Waals surface area contributed by atoms with Crippen LogP contribution >= 0.6 is 0 Å². The first kappa shape index (κ1) is 20.4. The molecule has 1 amide bonds. The maximum Gasteiger partial charge on any atom is 0.407 e. The summed E-state index contributed by atoms with van der Waals surface area (Å²) in [6, 6.07) is 15.2. The number of carbonyl (C=O) groups excluding carboxylic acids is 1. The summed E-state index contributed by atoms with van der Waals surface area (Å²) in [5, 5.41) is 32.5. The number of aliphatic hydroxyl groups excluding tert-OH is 2. The summed E-state index contributed by atoms with van der Waals surface area (Å²) in [7, 11) is 0. The van der Waals surface area contributed by atoms with Gasteiger partial charge >= 0.3 is 12.1 Å². The van der Waals surface area contributed by atoms with Crippen LogP contribution in [0.25, 0.3) is 11.0 Å². The zero-order valence-electron chi connectivity index (χ0n) is 15.4. The van der Waals surface area contributed by atoms with Crippen LogP contribution in [0.1, 0.15) is 34.2 Å². The van der Waals surface area contributed by atoms with Crippen molar-refractivity contribution in [1.82, 2.24) is 5.32 Å². The monoisotopic (exact) mass is 399 g/mol. The van der Waals surface area contributed by atoms with E-state index in [1.165, 1.54) is 12.1 Å². The molecule has 1 aromatic heterocycles. The molecule has 0 spiro atoms. The lowest BCUT2D eigenvalue weighted by Crippen LogP contribution is -2.29. The number of carboxylic acid groups (broad SMARTS) is 1. The SMILES string of the molecule is O=C(NCCC(O)C(O)c1ccc2oc(C(=O)O)cc2c1)OCc1ccccc1. The molecule has 8 nitrogen and oxygen atoms in total. The Morgan fingerprint density at radius 3 is 2.55 bits per heavy atom. The Bertz CT molecular complexity index is 983. The van der Waals surface area contributed by atoms with Crippen molar-refractivity contribution in [2.24, 2.45) is 0 Å². The number of furan rings is 1. The van der Waals surface area contributed by atoms with E-state index in [1.54, 1.807) is 12.1 Å². The predicted molar refractivity (Wildman–Crippen MR) is 103 cm³/mol. The van der Waals surface area contributed by atoms with Crippen molar-refractivity contribution in [2.45, 2.75) is 25.2 Å². The zero-order valence-corrected chi connectivity index (χ0v) is 15.4. The summed E-state index contributed by atoms with van der Waals surface area (Å²) >= 11 is 0. The molecule has 0 aliphatic rings. The molecule has 0 bridgehead atoms. The summed E-state index contributed by atoms with van der Waals surface area (Å²) in [6.45, 7) is 0.254. The average molecular weight is 399 g/mol. The Labute approximate surface area is 166 Å². The Balaban J connectivity index is 1.48. The van der Waals surface area contributed by atoms with Gasteiger partial charge in [-0.3, -0.25) is 0 Å². The number of alkyl carbamates (subject to hydrolysis) is 1. The lowest BCUT2D eigenvalue weighted by Gasteiger charge is -2.18. The number of ether oxygens (including phenoxy) is 1. The standard InChI is InChI=1S/C21H21NO7/c23-16(8-9-22-21(27)28-12-13-4-2-1-3-5-13)19(24)14-6-7-17-15(10-14)11-18(29-17)20(25)26/h1-7,10-11,16,19,23-24H,8-9,12H2,(H,22,27)(H,25,26). The van der Waals surface area contributed by atoms with E-state index in [4.69, 9.17) is 14.3 Å². The molecule has 152 valence electrons. The molecule has 2 aromatic carbocycles. The molecule has 0 fully saturated rings. The highest BCUT2D eigenvalue weighted by atomic mass is 16.5. The largest absolute Gasteiger partial charge is 0.475 e. The van der Waals surface area contributed by atoms with Crippen molar-refractivity contribution in [3.8, 4) is 0 Å². The van der Waals surface area contributed by atoms with E-state index < -0.39 is 24.3 Å². The van der Waals surface area contributed by atoms with Gasteiger partial charge in [0.05, 0.1) is 6.10 Å². The molecule has 0 aliphatic carbocycles. The van der Waals surface area contributed by atoms with Gasteiger partial charge in [-0.25, -0.2) is 9.59 Å². The molecule has 0 saturated carbocycles. The van der Waals surface area contributed by atoms with E-state index in [-0.39, 0.29) is 25.3 Å². The number of benzene rings is 2. The lowest BCUT2D eigenvalue weighted by molar-refractivity contribution is 0.0137. The van der Waals surface area contributed by atoms with Gasteiger partial charge in [-0.1, -0.05) is 36.4 Å². The minimum Gasteiger partial charge on any atom is -0.475 e. The van der Waals surface area contributed by atoms with Crippen LogP contribution in [-0.2, 0) is 11.3 Å². The van der Waals surface area contributed by atoms with Crippen LogP contribution < -0.4 is 5.32 Å². The molecule has 3 aromatic rings. The quantitative estimate of drug-likeness (QED) is 0.458. The van der Waals surface area contributed by atoms with Gasteiger partial charge in [0.15, 0.2) is 0 Å². The van der Waals surface area contributed by atoms with Crippen molar-refractivity contribution in [3.63, 3.8) is 0 Å². The van der Waals surface area contributed by atoms with Gasteiger partial charge in [0, 0.05) is 11.9 Å². The summed E-state index contributed by atoms with van der Waals surface area (Å²) in [5.41, 5.74) is 1.64. The van der Waals surface area contributed by atoms with Gasteiger partial charge in [0.1, 0.15) is 18.3 Å². The molecular formula is C21H21NO7. The van der Waals surface area contributed by atoms with E-state index in [0.29, 0.717) is 16.5 Å². The fourth-order valence-corrected chi connectivity index (χ4v) is 2.83. The predicted octanol–water partition coefficient (Wildman–Crippen LogP) is 2.84. The summed E-state index contributed by atoms with van der Waals surface area (Å²) in [5.74, 6) is -1.39. The van der Waals surface area contributed by atoms with E-state index >= 15 is 0 Å². The maximum absolute atomic E-state index is 11.7. The van der Waals surface area contributed by atoms with Gasteiger partial charge in [-0.05, 0) is 35.7 Å². The number of amides is 1. The van der Waals surface area contributed by atoms with Crippen LogP contribution in [-0.4, -0.2) is 40.0 Å². The van der Waals surface area contributed by atoms with Crippen LogP contribution in [0, 0.1) is 0 Å². The van der Waals surface area contributed by atoms with E-state index in [2.05, 4.69) is 5.32 Å². The second kappa shape index (κ2) is 9.22. The molecule has 2 atom stereocenters. The molecule has 0 saturated heterocycles. The summed E-state index contributed by atoms with van der Waals surface area (Å²) in [4.78, 5) is 22.7. The lowest BCUT2D eigenvalue weighted by atomic mass is 10.0. The van der Waals surface area contributed by atoms with Gasteiger partial charge in [0.2, 0.25) is 5.76 Å². The highest BCUT2D eigenvalue weighted by molar-refractivity contribution is 5.91. The molecule has 8 heteroatoms. The number of carbonyl (C=O) groups is 2. The van der Waals surface area contributed by atoms with Gasteiger partial charge < -0.3 is 29.8 Å². The number of hydrogen-bond acceptors (Lipinski definition) is 6. The van der Waals surface area contributed by atoms with Gasteiger partial charge in [0.25, 0.3) is 0 Å². The maximum atomic E-state index is 11.7. The fourth-order valence-electron chi connectivity index (χ4n) is 2.83. The van der Waals surface area contributed by atoms with Crippen molar-refractivity contribution in [3.05, 3.63) is 71.5 Å². The Hall–Kier alpha value is -3.36. The Morgan fingerprint density at radius 2 is 1.83 bits per heavy atom. The summed E-state index contributed by atoms with van der Waals surface area (Å²) < 4.78 is 10.2. The second-order valence-corrected chi connectivity index (χ2v) is 6.50. The number of rotatable bonds is 8. The number of fused-ring (bicyclic) bond motifs is 1. The first-order valence-electron chi connectivity index (χ1n) is 9.01. The smallest absolute Gasteiger partial charge is 0.407 e. The molecule has 0 radical (unpaired) electrons. The average Bonchev–Trinajstić information content (AvgIpc) is 3.16. The highest BCUT2D eigenvalue weighted by Gasteiger charge is 2.20. The minimum atomic E-state index is -1.20. The van der Waals surface area contributed by atoms with Gasteiger partial charge in [-0.2, -0.15) is 0 Å². The molecule has 29 heavy (non-hydrogen) atoms. The van der Waals surface area contributed by atoms with Crippen LogP contribution in [0.5, 0.6) is 0 Å².